The molecule has 2 aliphatic rings. The fourth-order valence-electron chi connectivity index (χ4n) is 2.48. The van der Waals surface area contributed by atoms with E-state index in [2.05, 4.69) is 6.08 Å². The summed E-state index contributed by atoms with van der Waals surface area (Å²) in [5.41, 5.74) is 7.07. The zero-order valence-electron chi connectivity index (χ0n) is 10.2. The molecule has 0 aromatic rings. The summed E-state index contributed by atoms with van der Waals surface area (Å²) in [6.45, 7) is 0.511. The molecule has 0 spiro atoms. The van der Waals surface area contributed by atoms with E-state index in [0.29, 0.717) is 19.4 Å². The maximum absolute atomic E-state index is 11.8. The summed E-state index contributed by atoms with van der Waals surface area (Å²) < 4.78 is 0. The van der Waals surface area contributed by atoms with Gasteiger partial charge < -0.3 is 5.73 Å². The lowest BCUT2D eigenvalue weighted by Gasteiger charge is -2.29. The van der Waals surface area contributed by atoms with E-state index in [0.717, 1.165) is 19.3 Å². The van der Waals surface area contributed by atoms with E-state index in [1.807, 2.05) is 0 Å². The lowest BCUT2D eigenvalue weighted by molar-refractivity contribution is -0.149. The first-order valence-corrected chi connectivity index (χ1v) is 6.46. The molecule has 17 heavy (non-hydrogen) atoms. The van der Waals surface area contributed by atoms with E-state index in [9.17, 15) is 9.59 Å². The van der Waals surface area contributed by atoms with E-state index in [1.54, 1.807) is 0 Å². The van der Waals surface area contributed by atoms with Crippen molar-refractivity contribution in [3.8, 4) is 0 Å². The third kappa shape index (κ3) is 2.94. The number of allylic oxidation sites excluding steroid dienone is 1. The van der Waals surface area contributed by atoms with Gasteiger partial charge in [-0.1, -0.05) is 11.6 Å². The van der Waals surface area contributed by atoms with Crippen LogP contribution in [0.25, 0.3) is 0 Å². The third-order valence-corrected chi connectivity index (χ3v) is 3.60. The molecule has 0 radical (unpaired) electrons. The Morgan fingerprint density at radius 2 is 2.12 bits per heavy atom. The van der Waals surface area contributed by atoms with Gasteiger partial charge in [-0.05, 0) is 38.5 Å². The van der Waals surface area contributed by atoms with E-state index in [-0.39, 0.29) is 11.8 Å². The number of rotatable bonds is 3. The molecule has 1 unspecified atom stereocenters. The molecule has 0 saturated carbocycles. The summed E-state index contributed by atoms with van der Waals surface area (Å²) in [5.74, 6) is -0.259. The number of carbonyl (C=O) groups excluding carboxylic acids is 2. The van der Waals surface area contributed by atoms with Gasteiger partial charge in [-0.3, -0.25) is 14.5 Å². The molecule has 4 heteroatoms. The second-order valence-electron chi connectivity index (χ2n) is 4.89. The van der Waals surface area contributed by atoms with E-state index >= 15 is 0 Å². The topological polar surface area (TPSA) is 63.4 Å². The minimum Gasteiger partial charge on any atom is -0.320 e. The van der Waals surface area contributed by atoms with Crippen LogP contribution in [0.5, 0.6) is 0 Å². The van der Waals surface area contributed by atoms with Gasteiger partial charge in [-0.15, -0.1) is 0 Å². The Labute approximate surface area is 102 Å². The van der Waals surface area contributed by atoms with Crippen LogP contribution >= 0.6 is 0 Å². The largest absolute Gasteiger partial charge is 0.320 e. The molecule has 94 valence electrons. The first-order chi connectivity index (χ1) is 8.18. The number of imide groups is 1. The molecule has 1 heterocycles. The molecule has 0 bridgehead atoms. The van der Waals surface area contributed by atoms with E-state index in [4.69, 9.17) is 5.73 Å². The molecule has 1 aliphatic carbocycles. The van der Waals surface area contributed by atoms with Crippen LogP contribution in [0.3, 0.4) is 0 Å². The van der Waals surface area contributed by atoms with Gasteiger partial charge in [0.2, 0.25) is 11.8 Å². The summed E-state index contributed by atoms with van der Waals surface area (Å²) in [6, 6.07) is -0.479. The minimum absolute atomic E-state index is 0.0619. The van der Waals surface area contributed by atoms with Gasteiger partial charge in [0, 0.05) is 13.0 Å². The fraction of sp³-hybridized carbons (Fsp3) is 0.692. The average Bonchev–Trinajstić information content (AvgIpc) is 2.35. The second kappa shape index (κ2) is 5.45. The Morgan fingerprint density at radius 3 is 2.82 bits per heavy atom. The standard InChI is InChI=1S/C13H20N2O2/c14-11-6-7-12(16)15(13(11)17)9-8-10-4-2-1-3-5-10/h4,11H,1-3,5-9,14H2. The molecule has 1 aliphatic heterocycles. The maximum Gasteiger partial charge on any atom is 0.246 e. The molecule has 1 atom stereocenters. The summed E-state index contributed by atoms with van der Waals surface area (Å²) >= 11 is 0. The van der Waals surface area contributed by atoms with Crippen molar-refractivity contribution in [1.82, 2.24) is 4.90 Å². The van der Waals surface area contributed by atoms with Crippen molar-refractivity contribution in [1.29, 1.82) is 0 Å². The van der Waals surface area contributed by atoms with Crippen molar-refractivity contribution < 1.29 is 9.59 Å². The van der Waals surface area contributed by atoms with Crippen molar-refractivity contribution in [2.24, 2.45) is 5.73 Å². The third-order valence-electron chi connectivity index (χ3n) is 3.60. The van der Waals surface area contributed by atoms with Gasteiger partial charge >= 0.3 is 0 Å². The predicted octanol–water partition coefficient (Wildman–Crippen LogP) is 1.35. The Kier molecular flexibility index (Phi) is 3.94. The molecule has 0 aromatic heterocycles. The van der Waals surface area contributed by atoms with E-state index < -0.39 is 6.04 Å². The molecular weight excluding hydrogens is 216 g/mol. The normalized spacial score (nSPS) is 26.1. The Hall–Kier alpha value is -1.16. The van der Waals surface area contributed by atoms with Gasteiger partial charge in [-0.2, -0.15) is 0 Å². The molecule has 0 aromatic carbocycles. The van der Waals surface area contributed by atoms with Crippen LogP contribution in [0.1, 0.15) is 44.9 Å². The number of nitrogens with two attached hydrogens (primary N) is 1. The molecule has 1 saturated heterocycles. The molecule has 2 rings (SSSR count). The highest BCUT2D eigenvalue weighted by Gasteiger charge is 2.31. The SMILES string of the molecule is NC1CCC(=O)N(CCC2=CCCCC2)C1=O. The van der Waals surface area contributed by atoms with Gasteiger partial charge in [-0.25, -0.2) is 0 Å². The average molecular weight is 236 g/mol. The van der Waals surface area contributed by atoms with Gasteiger partial charge in [0.05, 0.1) is 6.04 Å². The minimum atomic E-state index is -0.479. The number of hydrogen-bond donors (Lipinski definition) is 1. The van der Waals surface area contributed by atoms with Crippen LogP contribution in [0.4, 0.5) is 0 Å². The highest BCUT2D eigenvalue weighted by molar-refractivity contribution is 6.00. The summed E-state index contributed by atoms with van der Waals surface area (Å²) in [4.78, 5) is 24.8. The number of amides is 2. The Balaban J connectivity index is 1.90. The molecular formula is C13H20N2O2. The van der Waals surface area contributed by atoms with Crippen LogP contribution in [0, 0.1) is 0 Å². The molecule has 2 N–H and O–H groups in total. The zero-order valence-corrected chi connectivity index (χ0v) is 10.2. The van der Waals surface area contributed by atoms with E-state index in [1.165, 1.54) is 23.3 Å². The highest BCUT2D eigenvalue weighted by atomic mass is 16.2. The van der Waals surface area contributed by atoms with Crippen molar-refractivity contribution in [2.75, 3.05) is 6.54 Å². The van der Waals surface area contributed by atoms with Crippen molar-refractivity contribution in [3.63, 3.8) is 0 Å². The Morgan fingerprint density at radius 1 is 1.29 bits per heavy atom. The van der Waals surface area contributed by atoms with Crippen LogP contribution in [-0.2, 0) is 9.59 Å². The quantitative estimate of drug-likeness (QED) is 0.594. The monoisotopic (exact) mass is 236 g/mol. The summed E-state index contributed by atoms with van der Waals surface area (Å²) in [7, 11) is 0. The lowest BCUT2D eigenvalue weighted by atomic mass is 9.96. The van der Waals surface area contributed by atoms with Crippen molar-refractivity contribution >= 4 is 11.8 Å². The van der Waals surface area contributed by atoms with Crippen molar-refractivity contribution in [3.05, 3.63) is 11.6 Å². The Bertz CT molecular complexity index is 349. The van der Waals surface area contributed by atoms with Crippen LogP contribution in [-0.4, -0.2) is 29.3 Å². The number of hydrogen-bond acceptors (Lipinski definition) is 3. The lowest BCUT2D eigenvalue weighted by Crippen LogP contribution is -2.51. The maximum atomic E-state index is 11.8. The first-order valence-electron chi connectivity index (χ1n) is 6.46. The fourth-order valence-corrected chi connectivity index (χ4v) is 2.48. The zero-order chi connectivity index (χ0) is 12.3. The van der Waals surface area contributed by atoms with Gasteiger partial charge in [0.1, 0.15) is 0 Å². The number of nitrogens with zero attached hydrogens (tertiary/aromatic N) is 1. The molecule has 2 amide bonds. The van der Waals surface area contributed by atoms with Crippen LogP contribution in [0.15, 0.2) is 11.6 Å². The molecule has 4 nitrogen and oxygen atoms in total. The number of piperidine rings is 1. The second-order valence-corrected chi connectivity index (χ2v) is 4.89. The number of likely N-dealkylation sites (tertiary alicyclic amines) is 1. The van der Waals surface area contributed by atoms with Crippen molar-refractivity contribution in [2.45, 2.75) is 51.0 Å². The number of carbonyl (C=O) groups is 2. The first kappa shape index (κ1) is 12.3. The molecule has 1 fully saturated rings. The van der Waals surface area contributed by atoms with Crippen LogP contribution in [0.2, 0.25) is 0 Å². The van der Waals surface area contributed by atoms with Gasteiger partial charge in [0.15, 0.2) is 0 Å². The van der Waals surface area contributed by atoms with Gasteiger partial charge in [0.25, 0.3) is 0 Å². The highest BCUT2D eigenvalue weighted by Crippen LogP contribution is 2.21. The smallest absolute Gasteiger partial charge is 0.246 e. The van der Waals surface area contributed by atoms with Crippen LogP contribution < -0.4 is 5.73 Å². The summed E-state index contributed by atoms with van der Waals surface area (Å²) in [6.07, 6.45) is 8.72. The summed E-state index contributed by atoms with van der Waals surface area (Å²) in [5, 5.41) is 0. The predicted molar refractivity (Wildman–Crippen MR) is 65.1 cm³/mol.